The Morgan fingerprint density at radius 1 is 1.26 bits per heavy atom. The monoisotopic (exact) mass is 369 g/mol. The maximum atomic E-state index is 11.7. The van der Waals surface area contributed by atoms with E-state index in [1.165, 1.54) is 0 Å². The average molecular weight is 369 g/mol. The molecule has 1 amide bonds. The summed E-state index contributed by atoms with van der Waals surface area (Å²) >= 11 is 0. The van der Waals surface area contributed by atoms with Crippen LogP contribution < -0.4 is 5.32 Å². The number of carbonyl (C=O) groups is 1. The van der Waals surface area contributed by atoms with Gasteiger partial charge in [0.1, 0.15) is 12.7 Å². The Bertz CT molecular complexity index is 895. The molecule has 1 aromatic heterocycles. The number of nitrogens with one attached hydrogen (secondary N) is 2. The Morgan fingerprint density at radius 2 is 2.04 bits per heavy atom. The van der Waals surface area contributed by atoms with Gasteiger partial charge in [0.25, 0.3) is 0 Å². The summed E-state index contributed by atoms with van der Waals surface area (Å²) in [4.78, 5) is 11.7. The minimum atomic E-state index is -1.05. The van der Waals surface area contributed by atoms with Crippen molar-refractivity contribution in [3.8, 4) is 0 Å². The molecule has 4 N–H and O–H groups in total. The van der Waals surface area contributed by atoms with E-state index >= 15 is 0 Å². The van der Waals surface area contributed by atoms with Gasteiger partial charge >= 0.3 is 6.09 Å². The van der Waals surface area contributed by atoms with Gasteiger partial charge in [0, 0.05) is 11.9 Å². The number of hydrogen-bond donors (Lipinski definition) is 4. The number of rotatable bonds is 7. The third kappa shape index (κ3) is 4.84. The molecule has 0 saturated heterocycles. The fourth-order valence-corrected chi connectivity index (χ4v) is 2.90. The number of aromatic amines is 1. The van der Waals surface area contributed by atoms with Crippen LogP contribution in [0.15, 0.2) is 48.7 Å². The standard InChI is InChI=1S/C20H23N3O4/c1-13-9-17-15(11-22-23-17)10-16(13)19(25)18(24)7-8-21-20(26)27-12-14-5-3-2-4-6-14/h2-6,9-11,18-19,24-25H,7-8,12H2,1H3,(H,21,26)(H,22,23). The Morgan fingerprint density at radius 3 is 2.81 bits per heavy atom. The normalized spacial score (nSPS) is 13.3. The maximum Gasteiger partial charge on any atom is 0.407 e. The Balaban J connectivity index is 1.47. The van der Waals surface area contributed by atoms with Gasteiger partial charge in [0.2, 0.25) is 0 Å². The van der Waals surface area contributed by atoms with E-state index in [-0.39, 0.29) is 19.6 Å². The topological polar surface area (TPSA) is 107 Å². The summed E-state index contributed by atoms with van der Waals surface area (Å²) in [6.07, 6.45) is -0.753. The minimum Gasteiger partial charge on any atom is -0.445 e. The van der Waals surface area contributed by atoms with Gasteiger partial charge in [-0.1, -0.05) is 30.3 Å². The second-order valence-electron chi connectivity index (χ2n) is 6.46. The van der Waals surface area contributed by atoms with Gasteiger partial charge in [0.05, 0.1) is 17.8 Å². The predicted molar refractivity (Wildman–Crippen MR) is 101 cm³/mol. The van der Waals surface area contributed by atoms with Crippen molar-refractivity contribution < 1.29 is 19.7 Å². The van der Waals surface area contributed by atoms with E-state index in [9.17, 15) is 15.0 Å². The molecule has 0 fully saturated rings. The van der Waals surface area contributed by atoms with Gasteiger partial charge in [-0.25, -0.2) is 4.79 Å². The molecular weight excluding hydrogens is 346 g/mol. The molecular formula is C20H23N3O4. The highest BCUT2D eigenvalue weighted by molar-refractivity contribution is 5.79. The van der Waals surface area contributed by atoms with Crippen molar-refractivity contribution in [2.45, 2.75) is 32.2 Å². The van der Waals surface area contributed by atoms with Crippen molar-refractivity contribution in [1.82, 2.24) is 15.5 Å². The van der Waals surface area contributed by atoms with Gasteiger partial charge in [-0.15, -0.1) is 0 Å². The molecule has 0 aliphatic carbocycles. The number of alkyl carbamates (subject to hydrolysis) is 1. The third-order valence-corrected chi connectivity index (χ3v) is 4.43. The van der Waals surface area contributed by atoms with Crippen LogP contribution in [-0.4, -0.2) is 39.2 Å². The molecule has 0 bridgehead atoms. The molecule has 2 atom stereocenters. The highest BCUT2D eigenvalue weighted by atomic mass is 16.5. The maximum absolute atomic E-state index is 11.7. The molecule has 142 valence electrons. The number of amides is 1. The summed E-state index contributed by atoms with van der Waals surface area (Å²) in [5.74, 6) is 0. The number of ether oxygens (including phenoxy) is 1. The van der Waals surface area contributed by atoms with Gasteiger partial charge in [-0.05, 0) is 42.2 Å². The van der Waals surface area contributed by atoms with Crippen molar-refractivity contribution >= 4 is 17.0 Å². The van der Waals surface area contributed by atoms with Crippen molar-refractivity contribution in [3.63, 3.8) is 0 Å². The number of benzene rings is 2. The largest absolute Gasteiger partial charge is 0.445 e. The average Bonchev–Trinajstić information content (AvgIpc) is 3.13. The van der Waals surface area contributed by atoms with Crippen molar-refractivity contribution in [2.24, 2.45) is 0 Å². The molecule has 2 aromatic carbocycles. The molecule has 0 radical (unpaired) electrons. The first kappa shape index (κ1) is 18.9. The van der Waals surface area contributed by atoms with Crippen LogP contribution in [0.5, 0.6) is 0 Å². The molecule has 7 nitrogen and oxygen atoms in total. The molecule has 0 aliphatic rings. The van der Waals surface area contributed by atoms with E-state index in [1.807, 2.05) is 49.4 Å². The molecule has 2 unspecified atom stereocenters. The van der Waals surface area contributed by atoms with Crippen LogP contribution in [0, 0.1) is 6.92 Å². The number of hydrogen-bond acceptors (Lipinski definition) is 5. The lowest BCUT2D eigenvalue weighted by molar-refractivity contribution is 0.0133. The zero-order valence-corrected chi connectivity index (χ0v) is 15.1. The Labute approximate surface area is 157 Å². The third-order valence-electron chi connectivity index (χ3n) is 4.43. The van der Waals surface area contributed by atoms with Crippen molar-refractivity contribution in [3.05, 3.63) is 65.4 Å². The highest BCUT2D eigenvalue weighted by Crippen LogP contribution is 2.26. The zero-order valence-electron chi connectivity index (χ0n) is 15.1. The molecule has 1 heterocycles. The first-order valence-electron chi connectivity index (χ1n) is 8.79. The lowest BCUT2D eigenvalue weighted by atomic mass is 9.96. The smallest absolute Gasteiger partial charge is 0.407 e. The van der Waals surface area contributed by atoms with E-state index in [4.69, 9.17) is 4.74 Å². The molecule has 0 spiro atoms. The van der Waals surface area contributed by atoms with E-state index in [0.717, 1.165) is 22.0 Å². The second kappa shape index (κ2) is 8.66. The summed E-state index contributed by atoms with van der Waals surface area (Å²) in [6.45, 7) is 2.24. The van der Waals surface area contributed by atoms with Crippen LogP contribution in [0.25, 0.3) is 10.9 Å². The summed E-state index contributed by atoms with van der Waals surface area (Å²) < 4.78 is 5.11. The van der Waals surface area contributed by atoms with Crippen molar-refractivity contribution in [2.75, 3.05) is 6.54 Å². The van der Waals surface area contributed by atoms with Gasteiger partial charge < -0.3 is 20.3 Å². The molecule has 27 heavy (non-hydrogen) atoms. The Kier molecular flexibility index (Phi) is 6.05. The minimum absolute atomic E-state index is 0.182. The number of carbonyl (C=O) groups excluding carboxylic acids is 1. The van der Waals surface area contributed by atoms with Crippen LogP contribution in [0.2, 0.25) is 0 Å². The summed E-state index contributed by atoms with van der Waals surface area (Å²) in [5, 5.41) is 31.0. The first-order chi connectivity index (χ1) is 13.0. The molecule has 3 aromatic rings. The number of H-pyrrole nitrogens is 1. The molecule has 3 rings (SSSR count). The van der Waals surface area contributed by atoms with Crippen LogP contribution in [0.1, 0.15) is 29.2 Å². The number of fused-ring (bicyclic) bond motifs is 1. The van der Waals surface area contributed by atoms with E-state index < -0.39 is 18.3 Å². The number of aromatic nitrogens is 2. The quantitative estimate of drug-likeness (QED) is 0.512. The van der Waals surface area contributed by atoms with Crippen LogP contribution in [0.4, 0.5) is 4.79 Å². The number of aliphatic hydroxyl groups is 2. The summed E-state index contributed by atoms with van der Waals surface area (Å²) in [7, 11) is 0. The number of nitrogens with zero attached hydrogens (tertiary/aromatic N) is 1. The first-order valence-corrected chi connectivity index (χ1v) is 8.79. The molecule has 0 saturated carbocycles. The van der Waals surface area contributed by atoms with Crippen LogP contribution in [0.3, 0.4) is 0 Å². The fourth-order valence-electron chi connectivity index (χ4n) is 2.90. The SMILES string of the molecule is Cc1cc2[nH]ncc2cc1C(O)C(O)CCNC(=O)OCc1ccccc1. The van der Waals surface area contributed by atoms with Crippen molar-refractivity contribution in [1.29, 1.82) is 0 Å². The molecule has 0 aliphatic heterocycles. The fraction of sp³-hybridized carbons (Fsp3) is 0.300. The lowest BCUT2D eigenvalue weighted by Crippen LogP contribution is -2.30. The summed E-state index contributed by atoms with van der Waals surface area (Å²) in [5.41, 5.74) is 3.27. The molecule has 7 heteroatoms. The van der Waals surface area contributed by atoms with E-state index in [2.05, 4.69) is 15.5 Å². The zero-order chi connectivity index (χ0) is 19.2. The van der Waals surface area contributed by atoms with E-state index in [1.54, 1.807) is 6.20 Å². The van der Waals surface area contributed by atoms with Gasteiger partial charge in [-0.2, -0.15) is 5.10 Å². The highest BCUT2D eigenvalue weighted by Gasteiger charge is 2.21. The van der Waals surface area contributed by atoms with Crippen LogP contribution in [-0.2, 0) is 11.3 Å². The predicted octanol–water partition coefficient (Wildman–Crippen LogP) is 2.58. The van der Waals surface area contributed by atoms with Crippen LogP contribution >= 0.6 is 0 Å². The van der Waals surface area contributed by atoms with Gasteiger partial charge in [-0.3, -0.25) is 5.10 Å². The number of aliphatic hydroxyl groups excluding tert-OH is 2. The van der Waals surface area contributed by atoms with Gasteiger partial charge in [0.15, 0.2) is 0 Å². The second-order valence-corrected chi connectivity index (χ2v) is 6.46. The Hall–Kier alpha value is -2.90. The number of aryl methyl sites for hydroxylation is 1. The lowest BCUT2D eigenvalue weighted by Gasteiger charge is -2.20. The van der Waals surface area contributed by atoms with E-state index in [0.29, 0.717) is 5.56 Å². The summed E-state index contributed by atoms with van der Waals surface area (Å²) in [6, 6.07) is 13.1.